The number of hydrogen-bond acceptors (Lipinski definition) is 4. The van der Waals surface area contributed by atoms with Crippen LogP contribution in [0.2, 0.25) is 0 Å². The van der Waals surface area contributed by atoms with Crippen molar-refractivity contribution in [2.45, 2.75) is 32.9 Å². The molecule has 0 fully saturated rings. The molecule has 16 heavy (non-hydrogen) atoms. The van der Waals surface area contributed by atoms with E-state index < -0.39 is 0 Å². The van der Waals surface area contributed by atoms with Crippen molar-refractivity contribution >= 4 is 0 Å². The van der Waals surface area contributed by atoms with E-state index in [1.54, 1.807) is 18.6 Å². The van der Waals surface area contributed by atoms with Crippen LogP contribution in [0.15, 0.2) is 18.6 Å². The first kappa shape index (κ1) is 13.1. The number of hydrogen-bond donors (Lipinski definition) is 1. The summed E-state index contributed by atoms with van der Waals surface area (Å²) in [4.78, 5) is 10.5. The Balaban J connectivity index is 2.29. The summed E-state index contributed by atoms with van der Waals surface area (Å²) in [5, 5.41) is 0. The van der Waals surface area contributed by atoms with Crippen LogP contribution in [-0.2, 0) is 6.54 Å². The van der Waals surface area contributed by atoms with Gasteiger partial charge in [0.1, 0.15) is 0 Å². The van der Waals surface area contributed by atoms with Crippen molar-refractivity contribution in [3.8, 4) is 0 Å². The second-order valence-corrected chi connectivity index (χ2v) is 4.63. The molecule has 2 N–H and O–H groups in total. The average molecular weight is 222 g/mol. The molecular formula is C12H22N4. The molecule has 0 aromatic carbocycles. The van der Waals surface area contributed by atoms with E-state index in [9.17, 15) is 0 Å². The van der Waals surface area contributed by atoms with Crippen LogP contribution in [0.4, 0.5) is 0 Å². The number of rotatable bonds is 6. The quantitative estimate of drug-likeness (QED) is 0.788. The highest BCUT2D eigenvalue weighted by Crippen LogP contribution is 2.05. The Labute approximate surface area is 97.9 Å². The van der Waals surface area contributed by atoms with Gasteiger partial charge in [0.25, 0.3) is 0 Å². The van der Waals surface area contributed by atoms with E-state index in [4.69, 9.17) is 5.73 Å². The Hall–Kier alpha value is -1.00. The average Bonchev–Trinajstić information content (AvgIpc) is 2.27. The van der Waals surface area contributed by atoms with Gasteiger partial charge < -0.3 is 10.6 Å². The first-order valence-corrected chi connectivity index (χ1v) is 5.78. The molecule has 0 saturated heterocycles. The number of nitrogens with zero attached hydrogens (tertiary/aromatic N) is 3. The van der Waals surface area contributed by atoms with Crippen LogP contribution in [0.3, 0.4) is 0 Å². The van der Waals surface area contributed by atoms with Gasteiger partial charge in [-0.2, -0.15) is 0 Å². The lowest BCUT2D eigenvalue weighted by atomic mass is 10.0. The van der Waals surface area contributed by atoms with Crippen molar-refractivity contribution in [1.29, 1.82) is 0 Å². The van der Waals surface area contributed by atoms with E-state index in [0.717, 1.165) is 25.2 Å². The molecule has 0 aliphatic carbocycles. The molecule has 4 nitrogen and oxygen atoms in total. The second-order valence-electron chi connectivity index (χ2n) is 4.63. The third-order valence-electron chi connectivity index (χ3n) is 2.75. The molecule has 1 unspecified atom stereocenters. The highest BCUT2D eigenvalue weighted by atomic mass is 15.1. The summed E-state index contributed by atoms with van der Waals surface area (Å²) >= 11 is 0. The Kier molecular flexibility index (Phi) is 5.35. The highest BCUT2D eigenvalue weighted by Gasteiger charge is 2.09. The number of nitrogens with two attached hydrogens (primary N) is 1. The van der Waals surface area contributed by atoms with Gasteiger partial charge in [-0.1, -0.05) is 13.8 Å². The molecule has 0 bridgehead atoms. The summed E-state index contributed by atoms with van der Waals surface area (Å²) in [7, 11) is 2.09. The van der Waals surface area contributed by atoms with Gasteiger partial charge in [-0.15, -0.1) is 0 Å². The Morgan fingerprint density at radius 3 is 2.69 bits per heavy atom. The summed E-state index contributed by atoms with van der Waals surface area (Å²) < 4.78 is 0. The van der Waals surface area contributed by atoms with Crippen LogP contribution < -0.4 is 5.73 Å². The van der Waals surface area contributed by atoms with Crippen LogP contribution in [0, 0.1) is 5.92 Å². The van der Waals surface area contributed by atoms with Gasteiger partial charge >= 0.3 is 0 Å². The van der Waals surface area contributed by atoms with Crippen molar-refractivity contribution in [1.82, 2.24) is 14.9 Å². The predicted octanol–water partition coefficient (Wildman–Crippen LogP) is 1.28. The maximum absolute atomic E-state index is 6.00. The topological polar surface area (TPSA) is 55.0 Å². The zero-order valence-corrected chi connectivity index (χ0v) is 10.4. The minimum absolute atomic E-state index is 0.282. The van der Waals surface area contributed by atoms with E-state index in [2.05, 4.69) is 35.8 Å². The largest absolute Gasteiger partial charge is 0.327 e. The molecule has 0 spiro atoms. The zero-order chi connectivity index (χ0) is 12.0. The van der Waals surface area contributed by atoms with Gasteiger partial charge in [-0.05, 0) is 25.9 Å². The highest BCUT2D eigenvalue weighted by molar-refractivity contribution is 4.93. The maximum Gasteiger partial charge on any atom is 0.0726 e. The molecular weight excluding hydrogens is 200 g/mol. The van der Waals surface area contributed by atoms with Gasteiger partial charge in [-0.3, -0.25) is 9.97 Å². The van der Waals surface area contributed by atoms with Crippen molar-refractivity contribution in [2.75, 3.05) is 13.6 Å². The first-order valence-electron chi connectivity index (χ1n) is 5.78. The van der Waals surface area contributed by atoms with Gasteiger partial charge in [0, 0.05) is 31.2 Å². The van der Waals surface area contributed by atoms with E-state index in [0.29, 0.717) is 5.92 Å². The fourth-order valence-electron chi connectivity index (χ4n) is 1.47. The predicted molar refractivity (Wildman–Crippen MR) is 65.8 cm³/mol. The van der Waals surface area contributed by atoms with E-state index in [1.807, 2.05) is 0 Å². The lowest BCUT2D eigenvalue weighted by Gasteiger charge is -2.20. The van der Waals surface area contributed by atoms with Gasteiger partial charge in [-0.25, -0.2) is 0 Å². The summed E-state index contributed by atoms with van der Waals surface area (Å²) in [6, 6.07) is 0.282. The molecule has 0 radical (unpaired) electrons. The van der Waals surface area contributed by atoms with Crippen molar-refractivity contribution in [3.05, 3.63) is 24.3 Å². The smallest absolute Gasteiger partial charge is 0.0726 e. The van der Waals surface area contributed by atoms with Gasteiger partial charge in [0.15, 0.2) is 0 Å². The molecule has 0 aliphatic heterocycles. The maximum atomic E-state index is 6.00. The summed E-state index contributed by atoms with van der Waals surface area (Å²) in [5.41, 5.74) is 7.01. The monoisotopic (exact) mass is 222 g/mol. The Morgan fingerprint density at radius 1 is 1.38 bits per heavy atom. The second kappa shape index (κ2) is 6.55. The molecule has 1 aromatic rings. The molecule has 90 valence electrons. The molecule has 1 heterocycles. The van der Waals surface area contributed by atoms with Crippen molar-refractivity contribution in [2.24, 2.45) is 11.7 Å². The zero-order valence-electron chi connectivity index (χ0n) is 10.4. The molecule has 1 rings (SSSR count). The Morgan fingerprint density at radius 2 is 2.12 bits per heavy atom. The van der Waals surface area contributed by atoms with E-state index in [1.165, 1.54) is 0 Å². The molecule has 0 amide bonds. The van der Waals surface area contributed by atoms with Crippen LogP contribution >= 0.6 is 0 Å². The third-order valence-corrected chi connectivity index (χ3v) is 2.75. The fraction of sp³-hybridized carbons (Fsp3) is 0.667. The van der Waals surface area contributed by atoms with Crippen LogP contribution in [0.5, 0.6) is 0 Å². The standard InChI is InChI=1S/C12H22N4/c1-10(2)12(13)4-7-16(3)9-11-8-14-5-6-15-11/h5-6,8,10,12H,4,7,9,13H2,1-3H3. The fourth-order valence-corrected chi connectivity index (χ4v) is 1.47. The van der Waals surface area contributed by atoms with E-state index >= 15 is 0 Å². The molecule has 0 saturated carbocycles. The van der Waals surface area contributed by atoms with E-state index in [-0.39, 0.29) is 6.04 Å². The lowest BCUT2D eigenvalue weighted by molar-refractivity contribution is 0.293. The van der Waals surface area contributed by atoms with Crippen molar-refractivity contribution < 1.29 is 0 Å². The van der Waals surface area contributed by atoms with Crippen LogP contribution in [0.1, 0.15) is 26.0 Å². The summed E-state index contributed by atoms with van der Waals surface area (Å²) in [5.74, 6) is 0.546. The normalized spacial score (nSPS) is 13.4. The lowest BCUT2D eigenvalue weighted by Crippen LogP contribution is -2.31. The van der Waals surface area contributed by atoms with Crippen LogP contribution in [0.25, 0.3) is 0 Å². The SMILES string of the molecule is CC(C)C(N)CCN(C)Cc1cnccn1. The summed E-state index contributed by atoms with van der Waals surface area (Å²) in [6.45, 7) is 6.15. The van der Waals surface area contributed by atoms with Crippen molar-refractivity contribution in [3.63, 3.8) is 0 Å². The summed E-state index contributed by atoms with van der Waals surface area (Å²) in [6.07, 6.45) is 6.24. The minimum atomic E-state index is 0.282. The van der Waals surface area contributed by atoms with Crippen LogP contribution in [-0.4, -0.2) is 34.5 Å². The van der Waals surface area contributed by atoms with Gasteiger partial charge in [0.2, 0.25) is 0 Å². The number of aromatic nitrogens is 2. The molecule has 0 aliphatic rings. The molecule has 1 aromatic heterocycles. The minimum Gasteiger partial charge on any atom is -0.327 e. The molecule has 4 heteroatoms. The van der Waals surface area contributed by atoms with Gasteiger partial charge in [0.05, 0.1) is 5.69 Å². The first-order chi connectivity index (χ1) is 7.59. The molecule has 1 atom stereocenters. The third kappa shape index (κ3) is 4.68. The Bertz CT molecular complexity index is 286.